The SMILES string of the molecule is CC(=O)OCc1cc([N+](=O)[O-])cc(COC(C)=O)c1OC(C)=O. The number of nitrogens with zero attached hydrogens (tertiary/aromatic N) is 1. The molecule has 124 valence electrons. The van der Waals surface area contributed by atoms with Crippen LogP contribution in [0.1, 0.15) is 31.9 Å². The van der Waals surface area contributed by atoms with Crippen LogP contribution < -0.4 is 4.74 Å². The summed E-state index contributed by atoms with van der Waals surface area (Å²) in [5.41, 5.74) is -0.0799. The minimum Gasteiger partial charge on any atom is -0.461 e. The van der Waals surface area contributed by atoms with Crippen molar-refractivity contribution < 1.29 is 33.5 Å². The van der Waals surface area contributed by atoms with E-state index in [1.165, 1.54) is 13.8 Å². The van der Waals surface area contributed by atoms with Gasteiger partial charge in [-0.2, -0.15) is 0 Å². The molecular weight excluding hydrogens is 310 g/mol. The Bertz CT molecular complexity index is 613. The van der Waals surface area contributed by atoms with E-state index in [0.717, 1.165) is 19.1 Å². The van der Waals surface area contributed by atoms with Crippen LogP contribution in [-0.4, -0.2) is 22.8 Å². The van der Waals surface area contributed by atoms with Gasteiger partial charge in [-0.15, -0.1) is 0 Å². The number of nitro groups is 1. The molecule has 0 bridgehead atoms. The van der Waals surface area contributed by atoms with Crippen LogP contribution in [0.15, 0.2) is 12.1 Å². The second-order valence-corrected chi connectivity index (χ2v) is 4.50. The molecule has 0 aliphatic carbocycles. The van der Waals surface area contributed by atoms with Gasteiger partial charge < -0.3 is 14.2 Å². The Hall–Kier alpha value is -2.97. The Balaban J connectivity index is 3.34. The highest BCUT2D eigenvalue weighted by Gasteiger charge is 2.20. The van der Waals surface area contributed by atoms with Crippen LogP contribution >= 0.6 is 0 Å². The minimum absolute atomic E-state index is 0.0365. The second-order valence-electron chi connectivity index (χ2n) is 4.50. The van der Waals surface area contributed by atoms with Gasteiger partial charge in [-0.05, 0) is 0 Å². The number of benzene rings is 1. The third kappa shape index (κ3) is 5.73. The van der Waals surface area contributed by atoms with Gasteiger partial charge in [0.2, 0.25) is 0 Å². The van der Waals surface area contributed by atoms with Crippen molar-refractivity contribution in [2.45, 2.75) is 34.0 Å². The summed E-state index contributed by atoms with van der Waals surface area (Å²) in [4.78, 5) is 43.5. The topological polar surface area (TPSA) is 122 Å². The number of esters is 3. The Morgan fingerprint density at radius 3 is 1.70 bits per heavy atom. The van der Waals surface area contributed by atoms with Gasteiger partial charge in [-0.25, -0.2) is 0 Å². The number of hydrogen-bond acceptors (Lipinski definition) is 8. The highest BCUT2D eigenvalue weighted by molar-refractivity contribution is 5.71. The van der Waals surface area contributed by atoms with Crippen molar-refractivity contribution in [3.8, 4) is 5.75 Å². The molecule has 0 radical (unpaired) electrons. The van der Waals surface area contributed by atoms with Crippen molar-refractivity contribution in [3.63, 3.8) is 0 Å². The van der Waals surface area contributed by atoms with E-state index < -0.39 is 22.8 Å². The molecule has 1 rings (SSSR count). The molecule has 0 N–H and O–H groups in total. The quantitative estimate of drug-likeness (QED) is 0.335. The Kier molecular flexibility index (Phi) is 6.19. The van der Waals surface area contributed by atoms with Crippen molar-refractivity contribution in [1.82, 2.24) is 0 Å². The predicted molar refractivity (Wildman–Crippen MR) is 75.3 cm³/mol. The summed E-state index contributed by atoms with van der Waals surface area (Å²) >= 11 is 0. The molecule has 0 aliphatic heterocycles. The van der Waals surface area contributed by atoms with Gasteiger partial charge >= 0.3 is 17.9 Å². The van der Waals surface area contributed by atoms with Crippen molar-refractivity contribution >= 4 is 23.6 Å². The molecular formula is C14H15NO8. The lowest BCUT2D eigenvalue weighted by Crippen LogP contribution is -2.11. The van der Waals surface area contributed by atoms with Crippen LogP contribution in [0.4, 0.5) is 5.69 Å². The molecule has 0 saturated carbocycles. The summed E-state index contributed by atoms with van der Waals surface area (Å²) in [6.07, 6.45) is 0. The van der Waals surface area contributed by atoms with Gasteiger partial charge in [-0.3, -0.25) is 24.5 Å². The fourth-order valence-corrected chi connectivity index (χ4v) is 1.69. The third-order valence-electron chi connectivity index (χ3n) is 2.55. The fraction of sp³-hybridized carbons (Fsp3) is 0.357. The lowest BCUT2D eigenvalue weighted by Gasteiger charge is -2.14. The summed E-state index contributed by atoms with van der Waals surface area (Å²) in [5, 5.41) is 11.0. The molecule has 0 saturated heterocycles. The molecule has 23 heavy (non-hydrogen) atoms. The van der Waals surface area contributed by atoms with Crippen LogP contribution in [0.3, 0.4) is 0 Å². The van der Waals surface area contributed by atoms with Crippen molar-refractivity contribution in [1.29, 1.82) is 0 Å². The van der Waals surface area contributed by atoms with E-state index in [1.54, 1.807) is 0 Å². The number of non-ortho nitro benzene ring substituents is 1. The standard InChI is InChI=1S/C14H15NO8/c1-8(16)21-6-11-4-13(15(19)20)5-12(7-22-9(2)17)14(11)23-10(3)18/h4-5H,6-7H2,1-3H3. The van der Waals surface area contributed by atoms with Gasteiger partial charge in [-0.1, -0.05) is 0 Å². The lowest BCUT2D eigenvalue weighted by molar-refractivity contribution is -0.385. The van der Waals surface area contributed by atoms with E-state index in [9.17, 15) is 24.5 Å². The molecule has 0 aliphatic rings. The predicted octanol–water partition coefficient (Wildman–Crippen LogP) is 1.65. The number of ether oxygens (including phenoxy) is 3. The molecule has 0 amide bonds. The van der Waals surface area contributed by atoms with E-state index in [1.807, 2.05) is 0 Å². The van der Waals surface area contributed by atoms with Gasteiger partial charge in [0.05, 0.1) is 4.92 Å². The molecule has 1 aromatic carbocycles. The summed E-state index contributed by atoms with van der Waals surface area (Å²) in [6.45, 7) is 2.83. The highest BCUT2D eigenvalue weighted by atomic mass is 16.6. The van der Waals surface area contributed by atoms with Crippen LogP contribution in [0.25, 0.3) is 0 Å². The first kappa shape index (κ1) is 18.1. The number of carbonyl (C=O) groups excluding carboxylic acids is 3. The van der Waals surface area contributed by atoms with Crippen molar-refractivity contribution in [2.75, 3.05) is 0 Å². The Morgan fingerprint density at radius 2 is 1.39 bits per heavy atom. The average molecular weight is 325 g/mol. The first-order valence-corrected chi connectivity index (χ1v) is 6.46. The average Bonchev–Trinajstić information content (AvgIpc) is 2.43. The molecule has 0 heterocycles. The maximum atomic E-state index is 11.2. The molecule has 0 aromatic heterocycles. The molecule has 9 heteroatoms. The van der Waals surface area contributed by atoms with Gasteiger partial charge in [0.1, 0.15) is 19.0 Å². The molecule has 0 fully saturated rings. The highest BCUT2D eigenvalue weighted by Crippen LogP contribution is 2.31. The van der Waals surface area contributed by atoms with Crippen molar-refractivity contribution in [2.24, 2.45) is 0 Å². The molecule has 1 aromatic rings. The first-order valence-electron chi connectivity index (χ1n) is 6.46. The van der Waals surface area contributed by atoms with E-state index in [4.69, 9.17) is 14.2 Å². The zero-order valence-electron chi connectivity index (χ0n) is 12.8. The van der Waals surface area contributed by atoms with Gasteiger partial charge in [0.25, 0.3) is 5.69 Å². The zero-order chi connectivity index (χ0) is 17.6. The number of carbonyl (C=O) groups is 3. The Morgan fingerprint density at radius 1 is 0.957 bits per heavy atom. The fourth-order valence-electron chi connectivity index (χ4n) is 1.69. The van der Waals surface area contributed by atoms with Crippen LogP contribution in [0, 0.1) is 10.1 Å². The second kappa shape index (κ2) is 7.87. The molecule has 0 unspecified atom stereocenters. The van der Waals surface area contributed by atoms with Gasteiger partial charge in [0, 0.05) is 44.0 Å². The molecule has 0 spiro atoms. The largest absolute Gasteiger partial charge is 0.461 e. The van der Waals surface area contributed by atoms with E-state index in [-0.39, 0.29) is 35.8 Å². The number of hydrogen-bond donors (Lipinski definition) is 0. The van der Waals surface area contributed by atoms with Gasteiger partial charge in [0.15, 0.2) is 0 Å². The summed E-state index contributed by atoms with van der Waals surface area (Å²) in [6, 6.07) is 2.25. The maximum absolute atomic E-state index is 11.2. The monoisotopic (exact) mass is 325 g/mol. The van der Waals surface area contributed by atoms with E-state index in [0.29, 0.717) is 0 Å². The summed E-state index contributed by atoms with van der Waals surface area (Å²) in [5.74, 6) is -1.92. The molecule has 9 nitrogen and oxygen atoms in total. The zero-order valence-corrected chi connectivity index (χ0v) is 12.8. The number of rotatable bonds is 6. The smallest absolute Gasteiger partial charge is 0.308 e. The van der Waals surface area contributed by atoms with Crippen LogP contribution in [0.2, 0.25) is 0 Å². The maximum Gasteiger partial charge on any atom is 0.308 e. The third-order valence-corrected chi connectivity index (χ3v) is 2.55. The van der Waals surface area contributed by atoms with E-state index >= 15 is 0 Å². The minimum atomic E-state index is -0.674. The van der Waals surface area contributed by atoms with Crippen molar-refractivity contribution in [3.05, 3.63) is 33.4 Å². The van der Waals surface area contributed by atoms with Crippen LogP contribution in [0.5, 0.6) is 5.75 Å². The summed E-state index contributed by atoms with van der Waals surface area (Å²) < 4.78 is 14.6. The summed E-state index contributed by atoms with van der Waals surface area (Å²) in [7, 11) is 0. The van der Waals surface area contributed by atoms with Crippen LogP contribution in [-0.2, 0) is 37.1 Å². The normalized spacial score (nSPS) is 9.87. The Labute approximate surface area is 131 Å². The number of nitro benzene ring substituents is 1. The molecule has 0 atom stereocenters. The first-order chi connectivity index (χ1) is 10.7. The lowest BCUT2D eigenvalue weighted by atomic mass is 10.1. The van der Waals surface area contributed by atoms with E-state index in [2.05, 4.69) is 0 Å².